The smallest absolute Gasteiger partial charge is 0.264 e. The van der Waals surface area contributed by atoms with Crippen LogP contribution < -0.4 is 0 Å². The molecule has 0 spiro atoms. The highest BCUT2D eigenvalue weighted by atomic mass is 79.9. The van der Waals surface area contributed by atoms with E-state index in [1.165, 1.54) is 11.3 Å². The molecule has 3 rings (SSSR count). The summed E-state index contributed by atoms with van der Waals surface area (Å²) in [5.41, 5.74) is 0. The van der Waals surface area contributed by atoms with Gasteiger partial charge in [0, 0.05) is 4.47 Å². The molecule has 4 nitrogen and oxygen atoms in total. The minimum Gasteiger partial charge on any atom is -0.467 e. The van der Waals surface area contributed by atoms with Crippen molar-refractivity contribution in [2.75, 3.05) is 0 Å². The van der Waals surface area contributed by atoms with E-state index >= 15 is 0 Å². The molecule has 0 aliphatic heterocycles. The van der Waals surface area contributed by atoms with Crippen LogP contribution in [0.4, 0.5) is 0 Å². The van der Waals surface area contributed by atoms with Crippen LogP contribution in [0, 0.1) is 0 Å². The first-order valence-corrected chi connectivity index (χ1v) is 8.82. The molecule has 3 aromatic heterocycles. The molecule has 0 saturated heterocycles. The maximum absolute atomic E-state index is 12.8. The van der Waals surface area contributed by atoms with Gasteiger partial charge in [-0.1, -0.05) is 0 Å². The lowest BCUT2D eigenvalue weighted by Gasteiger charge is -2.19. The summed E-state index contributed by atoms with van der Waals surface area (Å²) in [6.45, 7) is 0.777. The second-order valence-corrected chi connectivity index (χ2v) is 7.78. The zero-order valence-corrected chi connectivity index (χ0v) is 15.3. The molecule has 0 atom stereocenters. The van der Waals surface area contributed by atoms with Crippen molar-refractivity contribution in [1.82, 2.24) is 4.90 Å². The third-order valence-corrected chi connectivity index (χ3v) is 6.24. The van der Waals surface area contributed by atoms with Gasteiger partial charge < -0.3 is 13.7 Å². The summed E-state index contributed by atoms with van der Waals surface area (Å²) < 4.78 is 12.5. The SMILES string of the molecule is O=C(c1cc(Br)c(Br)s1)N(Cc1ccco1)Cc1ccco1. The molecule has 0 saturated carbocycles. The molecule has 114 valence electrons. The number of amides is 1. The molecule has 3 aromatic rings. The van der Waals surface area contributed by atoms with E-state index in [1.54, 1.807) is 17.4 Å². The topological polar surface area (TPSA) is 46.6 Å². The lowest BCUT2D eigenvalue weighted by atomic mass is 10.3. The molecular formula is C15H11Br2NO3S. The van der Waals surface area contributed by atoms with Gasteiger partial charge in [0.1, 0.15) is 11.5 Å². The average molecular weight is 445 g/mol. The van der Waals surface area contributed by atoms with Crippen molar-refractivity contribution in [3.05, 3.63) is 67.5 Å². The van der Waals surface area contributed by atoms with Gasteiger partial charge in [-0.15, -0.1) is 11.3 Å². The van der Waals surface area contributed by atoms with Crippen LogP contribution in [0.25, 0.3) is 0 Å². The van der Waals surface area contributed by atoms with Crippen molar-refractivity contribution in [1.29, 1.82) is 0 Å². The number of hydrogen-bond donors (Lipinski definition) is 0. The fraction of sp³-hybridized carbons (Fsp3) is 0.133. The minimum atomic E-state index is -0.0656. The third kappa shape index (κ3) is 3.53. The van der Waals surface area contributed by atoms with Crippen LogP contribution in [0.1, 0.15) is 21.2 Å². The van der Waals surface area contributed by atoms with E-state index in [4.69, 9.17) is 8.83 Å². The van der Waals surface area contributed by atoms with Crippen LogP contribution in [0.15, 0.2) is 60.0 Å². The van der Waals surface area contributed by atoms with E-state index in [-0.39, 0.29) is 5.91 Å². The van der Waals surface area contributed by atoms with Crippen LogP contribution in [-0.2, 0) is 13.1 Å². The molecule has 0 aromatic carbocycles. The number of halogens is 2. The van der Waals surface area contributed by atoms with Gasteiger partial charge in [0.25, 0.3) is 5.91 Å². The summed E-state index contributed by atoms with van der Waals surface area (Å²) in [5.74, 6) is 1.40. The molecule has 0 N–H and O–H groups in total. The Hall–Kier alpha value is -1.31. The Labute approximate surface area is 148 Å². The zero-order chi connectivity index (χ0) is 15.5. The normalized spacial score (nSPS) is 10.8. The lowest BCUT2D eigenvalue weighted by molar-refractivity contribution is 0.0710. The summed E-state index contributed by atoms with van der Waals surface area (Å²) in [4.78, 5) is 15.1. The van der Waals surface area contributed by atoms with Crippen LogP contribution in [0.5, 0.6) is 0 Å². The summed E-state index contributed by atoms with van der Waals surface area (Å²) >= 11 is 8.22. The number of carbonyl (C=O) groups is 1. The first-order chi connectivity index (χ1) is 10.6. The highest BCUT2D eigenvalue weighted by molar-refractivity contribution is 9.13. The van der Waals surface area contributed by atoms with Crippen molar-refractivity contribution in [3.8, 4) is 0 Å². The average Bonchev–Trinajstić information content (AvgIpc) is 3.22. The molecule has 0 radical (unpaired) electrons. The van der Waals surface area contributed by atoms with E-state index in [0.29, 0.717) is 18.0 Å². The Morgan fingerprint density at radius 2 is 1.68 bits per heavy atom. The first-order valence-electron chi connectivity index (χ1n) is 6.42. The predicted molar refractivity (Wildman–Crippen MR) is 90.7 cm³/mol. The highest BCUT2D eigenvalue weighted by Crippen LogP contribution is 2.33. The molecule has 7 heteroatoms. The maximum Gasteiger partial charge on any atom is 0.264 e. The fourth-order valence-corrected chi connectivity index (χ4v) is 3.99. The lowest BCUT2D eigenvalue weighted by Crippen LogP contribution is -2.29. The van der Waals surface area contributed by atoms with Gasteiger partial charge in [-0.3, -0.25) is 4.79 Å². The Kier molecular flexibility index (Phi) is 4.85. The van der Waals surface area contributed by atoms with Crippen molar-refractivity contribution in [3.63, 3.8) is 0 Å². The van der Waals surface area contributed by atoms with Crippen LogP contribution in [-0.4, -0.2) is 10.8 Å². The van der Waals surface area contributed by atoms with Gasteiger partial charge in [0.2, 0.25) is 0 Å². The number of nitrogens with zero attached hydrogens (tertiary/aromatic N) is 1. The molecule has 0 fully saturated rings. The summed E-state index contributed by atoms with van der Waals surface area (Å²) in [6.07, 6.45) is 3.20. The number of furan rings is 2. The van der Waals surface area contributed by atoms with Gasteiger partial charge >= 0.3 is 0 Å². The first kappa shape index (κ1) is 15.6. The number of thiophene rings is 1. The minimum absolute atomic E-state index is 0.0656. The monoisotopic (exact) mass is 443 g/mol. The van der Waals surface area contributed by atoms with Gasteiger partial charge in [-0.25, -0.2) is 0 Å². The van der Waals surface area contributed by atoms with Crippen LogP contribution >= 0.6 is 43.2 Å². The fourth-order valence-electron chi connectivity index (χ4n) is 1.99. The molecule has 1 amide bonds. The van der Waals surface area contributed by atoms with Gasteiger partial charge in [-0.2, -0.15) is 0 Å². The zero-order valence-electron chi connectivity index (χ0n) is 11.3. The Bertz CT molecular complexity index is 694. The summed E-state index contributed by atoms with van der Waals surface area (Å²) in [5, 5.41) is 0. The molecule has 3 heterocycles. The Balaban J connectivity index is 1.84. The van der Waals surface area contributed by atoms with Gasteiger partial charge in [0.05, 0.1) is 34.3 Å². The molecule has 0 aliphatic rings. The largest absolute Gasteiger partial charge is 0.467 e. The Morgan fingerprint density at radius 1 is 1.09 bits per heavy atom. The number of carbonyl (C=O) groups excluding carboxylic acids is 1. The number of hydrogen-bond acceptors (Lipinski definition) is 4. The predicted octanol–water partition coefficient (Wildman–Crippen LogP) is 5.30. The summed E-state index contributed by atoms with van der Waals surface area (Å²) in [7, 11) is 0. The van der Waals surface area contributed by atoms with Crippen LogP contribution in [0.3, 0.4) is 0 Å². The van der Waals surface area contributed by atoms with Crippen molar-refractivity contribution in [2.45, 2.75) is 13.1 Å². The molecule has 0 bridgehead atoms. The second-order valence-electron chi connectivity index (χ2n) is 4.55. The van der Waals surface area contributed by atoms with E-state index in [0.717, 1.165) is 19.8 Å². The molecule has 22 heavy (non-hydrogen) atoms. The van der Waals surface area contributed by atoms with Crippen LogP contribution in [0.2, 0.25) is 0 Å². The standard InChI is InChI=1S/C15H11Br2NO3S/c16-12-7-13(22-14(12)17)15(19)18(8-10-3-1-5-20-10)9-11-4-2-6-21-11/h1-7H,8-9H2. The van der Waals surface area contributed by atoms with E-state index in [1.807, 2.05) is 30.3 Å². The van der Waals surface area contributed by atoms with Gasteiger partial charge in [0.15, 0.2) is 0 Å². The number of rotatable bonds is 5. The third-order valence-electron chi connectivity index (χ3n) is 3.00. The summed E-state index contributed by atoms with van der Waals surface area (Å²) in [6, 6.07) is 9.13. The van der Waals surface area contributed by atoms with Crippen molar-refractivity contribution >= 4 is 49.1 Å². The maximum atomic E-state index is 12.8. The Morgan fingerprint density at radius 3 is 2.09 bits per heavy atom. The van der Waals surface area contributed by atoms with E-state index < -0.39 is 0 Å². The van der Waals surface area contributed by atoms with E-state index in [9.17, 15) is 4.79 Å². The second kappa shape index (κ2) is 6.85. The highest BCUT2D eigenvalue weighted by Gasteiger charge is 2.21. The molecule has 0 unspecified atom stereocenters. The molecular weight excluding hydrogens is 434 g/mol. The van der Waals surface area contributed by atoms with Gasteiger partial charge in [-0.05, 0) is 62.2 Å². The quantitative estimate of drug-likeness (QED) is 0.536. The molecule has 0 aliphatic carbocycles. The van der Waals surface area contributed by atoms with E-state index in [2.05, 4.69) is 31.9 Å². The van der Waals surface area contributed by atoms with Crippen molar-refractivity contribution in [2.24, 2.45) is 0 Å². The van der Waals surface area contributed by atoms with Crippen molar-refractivity contribution < 1.29 is 13.6 Å².